The molecular weight excluding hydrogens is 729 g/mol. The van der Waals surface area contributed by atoms with E-state index in [1.165, 1.54) is 0 Å². The first-order chi connectivity index (χ1) is 28.7. The fourth-order valence-corrected chi connectivity index (χ4v) is 6.23. The highest BCUT2D eigenvalue weighted by atomic mass is 16.6. The molecule has 6 aromatic carbocycles. The summed E-state index contributed by atoms with van der Waals surface area (Å²) in [5, 5.41) is 23.3. The van der Waals surface area contributed by atoms with Crippen molar-refractivity contribution in [3.63, 3.8) is 0 Å². The summed E-state index contributed by atoms with van der Waals surface area (Å²) in [6.07, 6.45) is 0. The smallest absolute Gasteiger partial charge is 0.269 e. The molecule has 0 saturated heterocycles. The molecule has 6 aromatic rings. The molecule has 0 spiro atoms. The number of nitrogens with zero attached hydrogens (tertiary/aromatic N) is 8. The molecule has 0 saturated carbocycles. The minimum atomic E-state index is 0.418. The second-order valence-corrected chi connectivity index (χ2v) is 13.2. The van der Waals surface area contributed by atoms with E-state index in [0.29, 0.717) is 64.6 Å². The van der Waals surface area contributed by atoms with Gasteiger partial charge in [-0.3, -0.25) is 0 Å². The number of hydrogen-bond acceptors (Lipinski definition) is 10. The lowest BCUT2D eigenvalue weighted by atomic mass is 10.2. The summed E-state index contributed by atoms with van der Waals surface area (Å²) in [6.45, 7) is 3.65. The molecule has 0 atom stereocenters. The standard InChI is InChI=1S/C46H44N8O4/c1-5-13-39(14-6-1)51-35-52(40-15-7-2-8-16-40)48-45(47-51)37-21-25-43(26-22-37)57-33-31-55-29-30-56-32-34-58-44-27-23-38(24-28-44)46-49-53(41-17-9-3-10-18-41)36-54(50-46)42-19-11-4-12-20-42/h1-28H,29-36H2/q+2. The number of rotatable bonds is 17. The van der Waals surface area contributed by atoms with Gasteiger partial charge in [0, 0.05) is 45.6 Å². The van der Waals surface area contributed by atoms with Crippen LogP contribution in [0.4, 0.5) is 22.7 Å². The van der Waals surface area contributed by atoms with E-state index in [0.717, 1.165) is 45.4 Å². The minimum absolute atomic E-state index is 0.418. The summed E-state index contributed by atoms with van der Waals surface area (Å²) < 4.78 is 27.2. The largest absolute Gasteiger partial charge is 0.491 e. The molecule has 0 bridgehead atoms. The average Bonchev–Trinajstić information content (AvgIpc) is 3.31. The average molecular weight is 773 g/mol. The molecule has 2 aliphatic rings. The molecule has 0 N–H and O–H groups in total. The van der Waals surface area contributed by atoms with Crippen LogP contribution in [0.1, 0.15) is 11.1 Å². The van der Waals surface area contributed by atoms with Crippen molar-refractivity contribution in [2.75, 3.05) is 63.0 Å². The van der Waals surface area contributed by atoms with Crippen LogP contribution in [0.2, 0.25) is 0 Å². The van der Waals surface area contributed by atoms with Crippen molar-refractivity contribution in [1.29, 1.82) is 0 Å². The van der Waals surface area contributed by atoms with E-state index >= 15 is 0 Å². The maximum absolute atomic E-state index is 5.93. The van der Waals surface area contributed by atoms with E-state index in [2.05, 4.69) is 0 Å². The molecule has 8 rings (SSSR count). The molecule has 12 heteroatoms. The highest BCUT2D eigenvalue weighted by molar-refractivity contribution is 6.00. The Morgan fingerprint density at radius 3 is 1.12 bits per heavy atom. The second-order valence-electron chi connectivity index (χ2n) is 13.2. The third kappa shape index (κ3) is 10.0. The van der Waals surface area contributed by atoms with Crippen LogP contribution >= 0.6 is 0 Å². The third-order valence-corrected chi connectivity index (χ3v) is 9.20. The zero-order chi connectivity index (χ0) is 39.2. The maximum atomic E-state index is 5.93. The molecule has 2 heterocycles. The molecule has 0 aliphatic carbocycles. The van der Waals surface area contributed by atoms with Crippen molar-refractivity contribution in [3.05, 3.63) is 181 Å². The number of azo groups is 4. The number of ether oxygens (including phenoxy) is 4. The Bertz CT molecular complexity index is 2170. The number of hydrogen-bond donors (Lipinski definition) is 0. The summed E-state index contributed by atoms with van der Waals surface area (Å²) in [6, 6.07) is 56.0. The Kier molecular flexibility index (Phi) is 12.6. The highest BCUT2D eigenvalue weighted by Crippen LogP contribution is 2.25. The van der Waals surface area contributed by atoms with Gasteiger partial charge in [0.1, 0.15) is 24.7 Å². The Balaban J connectivity index is 0.749. The molecule has 58 heavy (non-hydrogen) atoms. The molecule has 12 nitrogen and oxygen atoms in total. The number of benzene rings is 6. The van der Waals surface area contributed by atoms with Gasteiger partial charge in [0.25, 0.3) is 13.3 Å². The minimum Gasteiger partial charge on any atom is -0.491 e. The van der Waals surface area contributed by atoms with Crippen molar-refractivity contribution < 1.29 is 28.3 Å². The third-order valence-electron chi connectivity index (χ3n) is 9.20. The molecule has 0 aromatic heterocycles. The number of hydrazone groups is 2. The van der Waals surface area contributed by atoms with Crippen molar-refractivity contribution in [3.8, 4) is 11.5 Å². The topological polar surface area (TPSA) is 98.9 Å². The van der Waals surface area contributed by atoms with Crippen molar-refractivity contribution >= 4 is 34.4 Å². The van der Waals surface area contributed by atoms with Crippen LogP contribution in [-0.4, -0.2) is 74.0 Å². The second kappa shape index (κ2) is 19.2. The van der Waals surface area contributed by atoms with Gasteiger partial charge in [0.2, 0.25) is 23.0 Å². The molecule has 0 amide bonds. The van der Waals surface area contributed by atoms with Gasteiger partial charge in [-0.25, -0.2) is 10.0 Å². The van der Waals surface area contributed by atoms with Crippen LogP contribution in [0.25, 0.3) is 0 Å². The van der Waals surface area contributed by atoms with Gasteiger partial charge in [0.15, 0.2) is 0 Å². The Labute approximate surface area is 337 Å². The van der Waals surface area contributed by atoms with Crippen LogP contribution in [0.15, 0.2) is 190 Å². The summed E-state index contributed by atoms with van der Waals surface area (Å²) in [4.78, 5) is 0. The Hall–Kier alpha value is -7.02. The van der Waals surface area contributed by atoms with E-state index < -0.39 is 0 Å². The van der Waals surface area contributed by atoms with Crippen molar-refractivity contribution in [1.82, 2.24) is 0 Å². The first-order valence-electron chi connectivity index (χ1n) is 19.3. The summed E-state index contributed by atoms with van der Waals surface area (Å²) in [5.41, 5.74) is 5.75. The first kappa shape index (κ1) is 37.9. The Morgan fingerprint density at radius 2 is 0.741 bits per heavy atom. The van der Waals surface area contributed by atoms with Crippen LogP contribution < -0.4 is 19.5 Å². The lowest BCUT2D eigenvalue weighted by molar-refractivity contribution is -0.508. The molecule has 0 unspecified atom stereocenters. The lowest BCUT2D eigenvalue weighted by Crippen LogP contribution is -2.31. The van der Waals surface area contributed by atoms with Gasteiger partial charge < -0.3 is 18.9 Å². The van der Waals surface area contributed by atoms with Crippen molar-refractivity contribution in [2.45, 2.75) is 0 Å². The van der Waals surface area contributed by atoms with E-state index in [9.17, 15) is 0 Å². The monoisotopic (exact) mass is 772 g/mol. The van der Waals surface area contributed by atoms with Gasteiger partial charge in [-0.05, 0) is 72.8 Å². The first-order valence-corrected chi connectivity index (χ1v) is 19.3. The highest BCUT2D eigenvalue weighted by Gasteiger charge is 2.27. The van der Waals surface area contributed by atoms with E-state index in [-0.39, 0.29) is 0 Å². The van der Waals surface area contributed by atoms with E-state index in [4.69, 9.17) is 39.4 Å². The molecular formula is C46H44N8O4+2. The Morgan fingerprint density at radius 1 is 0.397 bits per heavy atom. The lowest BCUT2D eigenvalue weighted by Gasteiger charge is -2.20. The van der Waals surface area contributed by atoms with Gasteiger partial charge in [-0.15, -0.1) is 10.2 Å². The van der Waals surface area contributed by atoms with Crippen LogP contribution in [0.5, 0.6) is 11.5 Å². The van der Waals surface area contributed by atoms with E-state index in [1.54, 1.807) is 0 Å². The summed E-state index contributed by atoms with van der Waals surface area (Å²) >= 11 is 0. The predicted molar refractivity (Wildman–Crippen MR) is 224 cm³/mol. The fraction of sp³-hybridized carbons (Fsp3) is 0.174. The zero-order valence-corrected chi connectivity index (χ0v) is 32.0. The molecule has 290 valence electrons. The SMILES string of the molecule is c1ccc(N2C[N+](c3ccccc3)=NC(c3ccc(OCCOCCOCCOc4ccc(C5=NN(c6ccccc6)C[N+](c6ccccc6)=N5)cc4)cc3)=N2)cc1. The van der Waals surface area contributed by atoms with Crippen molar-refractivity contribution in [2.24, 2.45) is 20.4 Å². The van der Waals surface area contributed by atoms with Crippen LogP contribution in [-0.2, 0) is 9.47 Å². The number of amidine groups is 2. The van der Waals surface area contributed by atoms with E-state index in [1.807, 2.05) is 189 Å². The van der Waals surface area contributed by atoms with Gasteiger partial charge in [-0.2, -0.15) is 0 Å². The van der Waals surface area contributed by atoms with Crippen LogP contribution in [0.3, 0.4) is 0 Å². The predicted octanol–water partition coefficient (Wildman–Crippen LogP) is 9.05. The fourth-order valence-electron chi connectivity index (χ4n) is 6.23. The molecule has 0 radical (unpaired) electrons. The number of anilines is 2. The zero-order valence-electron chi connectivity index (χ0n) is 32.0. The van der Waals surface area contributed by atoms with Gasteiger partial charge in [0.05, 0.1) is 37.8 Å². The summed E-state index contributed by atoms with van der Waals surface area (Å²) in [5.74, 6) is 2.72. The van der Waals surface area contributed by atoms with Crippen LogP contribution in [0, 0.1) is 0 Å². The van der Waals surface area contributed by atoms with Gasteiger partial charge in [-0.1, -0.05) is 82.2 Å². The van der Waals surface area contributed by atoms with Gasteiger partial charge >= 0.3 is 0 Å². The number of para-hydroxylation sites is 4. The quantitative estimate of drug-likeness (QED) is 0.0678. The summed E-state index contributed by atoms with van der Waals surface area (Å²) in [7, 11) is 0. The molecule has 0 fully saturated rings. The molecule has 2 aliphatic heterocycles. The maximum Gasteiger partial charge on any atom is 0.269 e. The normalized spacial score (nSPS) is 13.9.